The van der Waals surface area contributed by atoms with E-state index in [4.69, 9.17) is 15.2 Å². The van der Waals surface area contributed by atoms with Gasteiger partial charge in [0.2, 0.25) is 6.10 Å². The van der Waals surface area contributed by atoms with E-state index in [-0.39, 0.29) is 23.6 Å². The summed E-state index contributed by atoms with van der Waals surface area (Å²) in [7, 11) is 0. The molecule has 0 aliphatic carbocycles. The van der Waals surface area contributed by atoms with Gasteiger partial charge in [0.25, 0.3) is 11.8 Å². The highest BCUT2D eigenvalue weighted by atomic mass is 32.2. The summed E-state index contributed by atoms with van der Waals surface area (Å²) in [6, 6.07) is 7.09. The number of rotatable bonds is 7. The Morgan fingerprint density at radius 2 is 1.97 bits per heavy atom. The van der Waals surface area contributed by atoms with E-state index in [1.807, 2.05) is 0 Å². The monoisotopic (exact) mass is 449 g/mol. The largest absolute Gasteiger partial charge is 0.477 e. The lowest BCUT2D eigenvalue weighted by atomic mass is 10.0. The molecular formula is C19H19N3O8S. The molecule has 1 aromatic carbocycles. The molecule has 1 saturated heterocycles. The standard InChI is InChI=1S/C19H19N3O8S/c1-9(23)29-7-11-8-31-17-12(16(25)22(17)13(11)18(26)27)21-15(24)14(30-19(20)28)10-5-3-2-4-6-10/h2-6,12,14,17H,7-8H2,1H3,(H2,20,28)(H,21,24)(H,26,27)/t12?,14?,17-/m0/s1. The van der Waals surface area contributed by atoms with Crippen LogP contribution >= 0.6 is 11.8 Å². The number of carbonyl (C=O) groups excluding carboxylic acids is 4. The molecule has 0 bridgehead atoms. The van der Waals surface area contributed by atoms with Gasteiger partial charge < -0.3 is 25.6 Å². The topological polar surface area (TPSA) is 165 Å². The first-order valence-electron chi connectivity index (χ1n) is 9.05. The number of benzene rings is 1. The van der Waals surface area contributed by atoms with Crippen LogP contribution in [0.2, 0.25) is 0 Å². The van der Waals surface area contributed by atoms with Crippen molar-refractivity contribution in [1.29, 1.82) is 0 Å². The van der Waals surface area contributed by atoms with Gasteiger partial charge in [-0.3, -0.25) is 19.3 Å². The molecule has 0 aromatic heterocycles. The van der Waals surface area contributed by atoms with Gasteiger partial charge in [0.05, 0.1) is 0 Å². The molecule has 11 nitrogen and oxygen atoms in total. The van der Waals surface area contributed by atoms with Crippen molar-refractivity contribution in [3.05, 3.63) is 47.2 Å². The molecule has 3 rings (SSSR count). The van der Waals surface area contributed by atoms with Crippen molar-refractivity contribution in [3.63, 3.8) is 0 Å². The number of fused-ring (bicyclic) bond motifs is 1. The second-order valence-electron chi connectivity index (χ2n) is 6.66. The average molecular weight is 449 g/mol. The van der Waals surface area contributed by atoms with Crippen molar-refractivity contribution in [1.82, 2.24) is 10.2 Å². The molecule has 2 aliphatic heterocycles. The highest BCUT2D eigenvalue weighted by Gasteiger charge is 2.54. The fourth-order valence-corrected chi connectivity index (χ4v) is 4.56. The van der Waals surface area contributed by atoms with Gasteiger partial charge in [-0.25, -0.2) is 9.59 Å². The molecule has 2 aliphatic rings. The normalized spacial score (nSPS) is 20.8. The van der Waals surface area contributed by atoms with Gasteiger partial charge in [-0.1, -0.05) is 30.3 Å². The molecule has 164 valence electrons. The summed E-state index contributed by atoms with van der Waals surface area (Å²) in [4.78, 5) is 60.5. The predicted molar refractivity (Wildman–Crippen MR) is 106 cm³/mol. The number of ether oxygens (including phenoxy) is 2. The summed E-state index contributed by atoms with van der Waals surface area (Å²) in [5, 5.41) is 11.4. The summed E-state index contributed by atoms with van der Waals surface area (Å²) in [5.74, 6) is -3.14. The average Bonchev–Trinajstić information content (AvgIpc) is 2.73. The maximum absolute atomic E-state index is 12.7. The summed E-state index contributed by atoms with van der Waals surface area (Å²) in [6.07, 6.45) is -2.54. The van der Waals surface area contributed by atoms with Crippen molar-refractivity contribution in [2.24, 2.45) is 5.73 Å². The molecule has 1 fully saturated rings. The first-order chi connectivity index (χ1) is 14.7. The molecule has 3 atom stereocenters. The van der Waals surface area contributed by atoms with Crippen molar-refractivity contribution < 1.29 is 38.6 Å². The lowest BCUT2D eigenvalue weighted by Crippen LogP contribution is -2.71. The van der Waals surface area contributed by atoms with Gasteiger partial charge in [0.1, 0.15) is 23.7 Å². The number of carboxylic acids is 1. The third kappa shape index (κ3) is 4.63. The second kappa shape index (κ2) is 9.08. The molecular weight excluding hydrogens is 430 g/mol. The molecule has 3 amide bonds. The van der Waals surface area contributed by atoms with E-state index in [1.54, 1.807) is 30.3 Å². The number of thioether (sulfide) groups is 1. The summed E-state index contributed by atoms with van der Waals surface area (Å²) < 4.78 is 9.78. The van der Waals surface area contributed by atoms with Crippen LogP contribution < -0.4 is 11.1 Å². The zero-order chi connectivity index (χ0) is 22.7. The number of carbonyl (C=O) groups is 5. The van der Waals surface area contributed by atoms with E-state index in [2.05, 4.69) is 5.32 Å². The minimum Gasteiger partial charge on any atom is -0.477 e. The van der Waals surface area contributed by atoms with Crippen LogP contribution in [-0.2, 0) is 28.7 Å². The van der Waals surface area contributed by atoms with Crippen LogP contribution in [0.1, 0.15) is 18.6 Å². The molecule has 0 saturated carbocycles. The van der Waals surface area contributed by atoms with E-state index in [0.29, 0.717) is 5.56 Å². The number of hydrogen-bond acceptors (Lipinski definition) is 8. The highest BCUT2D eigenvalue weighted by molar-refractivity contribution is 8.00. The number of nitrogens with two attached hydrogens (primary N) is 1. The van der Waals surface area contributed by atoms with Crippen LogP contribution in [0.4, 0.5) is 4.79 Å². The Morgan fingerprint density at radius 1 is 1.29 bits per heavy atom. The second-order valence-corrected chi connectivity index (χ2v) is 7.77. The van der Waals surface area contributed by atoms with Crippen LogP contribution in [0.15, 0.2) is 41.6 Å². The molecule has 31 heavy (non-hydrogen) atoms. The van der Waals surface area contributed by atoms with E-state index in [9.17, 15) is 29.1 Å². The third-order valence-corrected chi connectivity index (χ3v) is 5.91. The smallest absolute Gasteiger partial charge is 0.405 e. The van der Waals surface area contributed by atoms with Crippen LogP contribution in [0.3, 0.4) is 0 Å². The minimum absolute atomic E-state index is 0.190. The number of nitrogens with zero attached hydrogens (tertiary/aromatic N) is 1. The zero-order valence-electron chi connectivity index (χ0n) is 16.3. The summed E-state index contributed by atoms with van der Waals surface area (Å²) in [6.45, 7) is 0.942. The number of nitrogens with one attached hydrogen (secondary N) is 1. The van der Waals surface area contributed by atoms with Crippen LogP contribution in [0, 0.1) is 0 Å². The Balaban J connectivity index is 1.77. The number of hydrogen-bond donors (Lipinski definition) is 3. The maximum Gasteiger partial charge on any atom is 0.405 e. The quantitative estimate of drug-likeness (QED) is 0.387. The Bertz CT molecular complexity index is 964. The number of primary amides is 1. The fourth-order valence-electron chi connectivity index (χ4n) is 3.23. The van der Waals surface area contributed by atoms with E-state index < -0.39 is 47.4 Å². The van der Waals surface area contributed by atoms with Crippen molar-refractivity contribution in [2.75, 3.05) is 12.4 Å². The summed E-state index contributed by atoms with van der Waals surface area (Å²) in [5.41, 5.74) is 5.43. The minimum atomic E-state index is -1.37. The molecule has 2 heterocycles. The van der Waals surface area contributed by atoms with Gasteiger partial charge >= 0.3 is 18.0 Å². The first-order valence-corrected chi connectivity index (χ1v) is 10.1. The van der Waals surface area contributed by atoms with Crippen molar-refractivity contribution >= 4 is 41.6 Å². The molecule has 4 N–H and O–H groups in total. The summed E-state index contributed by atoms with van der Waals surface area (Å²) >= 11 is 1.21. The Hall–Kier alpha value is -3.54. The van der Waals surface area contributed by atoms with E-state index >= 15 is 0 Å². The van der Waals surface area contributed by atoms with Crippen LogP contribution in [0.25, 0.3) is 0 Å². The molecule has 1 aromatic rings. The number of aliphatic carboxylic acids is 1. The molecule has 2 unspecified atom stereocenters. The van der Waals surface area contributed by atoms with Gasteiger partial charge in [-0.05, 0) is 0 Å². The lowest BCUT2D eigenvalue weighted by molar-refractivity contribution is -0.152. The number of carboxylic acid groups (broad SMARTS) is 1. The fraction of sp³-hybridized carbons (Fsp3) is 0.316. The van der Waals surface area contributed by atoms with E-state index in [0.717, 1.165) is 4.90 Å². The Labute approximate surface area is 180 Å². The molecule has 12 heteroatoms. The number of β-lactam (4-membered cyclic amide) rings is 1. The number of amides is 3. The predicted octanol–water partition coefficient (Wildman–Crippen LogP) is 0.125. The Morgan fingerprint density at radius 3 is 2.55 bits per heavy atom. The van der Waals surface area contributed by atoms with Crippen molar-refractivity contribution in [2.45, 2.75) is 24.4 Å². The molecule has 0 spiro atoms. The SMILES string of the molecule is CC(=O)OCC1=C(C(=O)O)N2C(=O)C(NC(=O)C(OC(N)=O)c3ccccc3)[C@@H]2SC1. The van der Waals surface area contributed by atoms with Crippen molar-refractivity contribution in [3.8, 4) is 0 Å². The first kappa shape index (κ1) is 22.2. The third-order valence-electron chi connectivity index (χ3n) is 4.57. The number of esters is 1. The van der Waals surface area contributed by atoms with Crippen LogP contribution in [-0.4, -0.2) is 63.6 Å². The van der Waals surface area contributed by atoms with Crippen LogP contribution in [0.5, 0.6) is 0 Å². The van der Waals surface area contributed by atoms with Gasteiger partial charge in [-0.2, -0.15) is 0 Å². The van der Waals surface area contributed by atoms with Gasteiger partial charge in [-0.15, -0.1) is 11.8 Å². The van der Waals surface area contributed by atoms with E-state index in [1.165, 1.54) is 18.7 Å². The van der Waals surface area contributed by atoms with Gasteiger partial charge in [0.15, 0.2) is 0 Å². The maximum atomic E-state index is 12.7. The zero-order valence-corrected chi connectivity index (χ0v) is 17.1. The molecule has 0 radical (unpaired) electrons. The highest BCUT2D eigenvalue weighted by Crippen LogP contribution is 2.40. The lowest BCUT2D eigenvalue weighted by Gasteiger charge is -2.49. The Kier molecular flexibility index (Phi) is 6.49. The van der Waals surface area contributed by atoms with Gasteiger partial charge in [0, 0.05) is 23.8 Å².